The third-order valence-corrected chi connectivity index (χ3v) is 2.95. The first-order valence-electron chi connectivity index (χ1n) is 6.40. The highest BCUT2D eigenvalue weighted by Crippen LogP contribution is 2.24. The maximum Gasteiger partial charge on any atom is 0.338 e. The number of nitrogens with one attached hydrogen (secondary N) is 1. The van der Waals surface area contributed by atoms with Crippen molar-refractivity contribution in [1.82, 2.24) is 0 Å². The van der Waals surface area contributed by atoms with Gasteiger partial charge in [0.15, 0.2) is 0 Å². The molecule has 0 heterocycles. The van der Waals surface area contributed by atoms with Crippen LogP contribution in [0.15, 0.2) is 12.1 Å². The molecule has 0 amide bonds. The quantitative estimate of drug-likeness (QED) is 0.692. The maximum absolute atomic E-state index is 13.6. The van der Waals surface area contributed by atoms with Crippen LogP contribution in [0, 0.1) is 11.7 Å². The summed E-state index contributed by atoms with van der Waals surface area (Å²) in [6.07, 6.45) is 2.00. The molecule has 4 nitrogen and oxygen atoms in total. The standard InChI is InChI=1S/C14H21FN2O2/c1-8(2)4-5-9(3)17-13-7-11(15)10(14(18)19)6-12(13)16/h6-9,17H,4-5,16H2,1-3H3,(H,18,19). The Morgan fingerprint density at radius 1 is 1.37 bits per heavy atom. The number of anilines is 2. The van der Waals surface area contributed by atoms with Crippen LogP contribution >= 0.6 is 0 Å². The first kappa shape index (κ1) is 15.3. The van der Waals surface area contributed by atoms with Crippen molar-refractivity contribution in [3.05, 3.63) is 23.5 Å². The van der Waals surface area contributed by atoms with Crippen molar-refractivity contribution in [3.8, 4) is 0 Å². The van der Waals surface area contributed by atoms with E-state index in [1.54, 1.807) is 0 Å². The molecular weight excluding hydrogens is 247 g/mol. The summed E-state index contributed by atoms with van der Waals surface area (Å²) in [6, 6.07) is 2.44. The molecule has 1 unspecified atom stereocenters. The number of nitrogens with two attached hydrogens (primary N) is 1. The maximum atomic E-state index is 13.6. The van der Waals surface area contributed by atoms with Crippen LogP contribution in [0.4, 0.5) is 15.8 Å². The molecule has 5 heteroatoms. The van der Waals surface area contributed by atoms with Gasteiger partial charge in [-0.05, 0) is 37.8 Å². The Hall–Kier alpha value is -1.78. The molecule has 0 spiro atoms. The van der Waals surface area contributed by atoms with Gasteiger partial charge in [-0.1, -0.05) is 13.8 Å². The molecule has 0 bridgehead atoms. The second-order valence-electron chi connectivity index (χ2n) is 5.24. The highest BCUT2D eigenvalue weighted by molar-refractivity contribution is 5.90. The second kappa shape index (κ2) is 6.41. The van der Waals surface area contributed by atoms with Crippen LogP contribution in [-0.2, 0) is 0 Å². The first-order chi connectivity index (χ1) is 8.81. The predicted octanol–water partition coefficient (Wildman–Crippen LogP) is 3.34. The Morgan fingerprint density at radius 3 is 2.53 bits per heavy atom. The van der Waals surface area contributed by atoms with Crippen LogP contribution in [0.1, 0.15) is 44.0 Å². The van der Waals surface area contributed by atoms with Gasteiger partial charge in [-0.2, -0.15) is 0 Å². The van der Waals surface area contributed by atoms with Crippen molar-refractivity contribution in [2.45, 2.75) is 39.7 Å². The second-order valence-corrected chi connectivity index (χ2v) is 5.24. The van der Waals surface area contributed by atoms with Gasteiger partial charge in [-0.25, -0.2) is 9.18 Å². The number of hydrogen-bond acceptors (Lipinski definition) is 3. The summed E-state index contributed by atoms with van der Waals surface area (Å²) in [7, 11) is 0. The Morgan fingerprint density at radius 2 is 2.00 bits per heavy atom. The number of hydrogen-bond donors (Lipinski definition) is 3. The van der Waals surface area contributed by atoms with E-state index in [4.69, 9.17) is 10.8 Å². The molecule has 1 rings (SSSR count). The number of aromatic carboxylic acids is 1. The summed E-state index contributed by atoms with van der Waals surface area (Å²) >= 11 is 0. The van der Waals surface area contributed by atoms with E-state index in [-0.39, 0.29) is 11.7 Å². The average molecular weight is 268 g/mol. The fraction of sp³-hybridized carbons (Fsp3) is 0.500. The Kier molecular flexibility index (Phi) is 5.15. The van der Waals surface area contributed by atoms with Gasteiger partial charge in [-0.3, -0.25) is 0 Å². The summed E-state index contributed by atoms with van der Waals surface area (Å²) in [6.45, 7) is 6.27. The van der Waals surface area contributed by atoms with Gasteiger partial charge in [0.2, 0.25) is 0 Å². The minimum Gasteiger partial charge on any atom is -0.478 e. The Bertz CT molecular complexity index is 461. The normalized spacial score (nSPS) is 12.5. The fourth-order valence-electron chi connectivity index (χ4n) is 1.80. The van der Waals surface area contributed by atoms with E-state index in [0.29, 0.717) is 11.6 Å². The number of nitrogen functional groups attached to an aromatic ring is 1. The van der Waals surface area contributed by atoms with Gasteiger partial charge < -0.3 is 16.2 Å². The molecule has 0 aliphatic rings. The molecular formula is C14H21FN2O2. The molecule has 0 radical (unpaired) electrons. The molecule has 0 saturated heterocycles. The van der Waals surface area contributed by atoms with Crippen molar-refractivity contribution in [2.75, 3.05) is 11.1 Å². The van der Waals surface area contributed by atoms with Gasteiger partial charge in [0, 0.05) is 6.04 Å². The van der Waals surface area contributed by atoms with Crippen molar-refractivity contribution in [3.63, 3.8) is 0 Å². The third-order valence-electron chi connectivity index (χ3n) is 2.95. The summed E-state index contributed by atoms with van der Waals surface area (Å²) < 4.78 is 13.6. The molecule has 106 valence electrons. The van der Waals surface area contributed by atoms with Crippen LogP contribution in [0.2, 0.25) is 0 Å². The lowest BCUT2D eigenvalue weighted by Crippen LogP contribution is -2.17. The zero-order valence-corrected chi connectivity index (χ0v) is 11.5. The van der Waals surface area contributed by atoms with E-state index < -0.39 is 17.3 Å². The molecule has 0 aliphatic heterocycles. The van der Waals surface area contributed by atoms with E-state index in [1.165, 1.54) is 0 Å². The van der Waals surface area contributed by atoms with Gasteiger partial charge in [-0.15, -0.1) is 0 Å². The molecule has 0 aromatic heterocycles. The molecule has 1 aromatic carbocycles. The molecule has 0 fully saturated rings. The average Bonchev–Trinajstić information content (AvgIpc) is 2.30. The highest BCUT2D eigenvalue weighted by atomic mass is 19.1. The topological polar surface area (TPSA) is 75.3 Å². The molecule has 1 aromatic rings. The number of carboxylic acid groups (broad SMARTS) is 1. The Labute approximate surface area is 112 Å². The van der Waals surface area contributed by atoms with E-state index in [1.807, 2.05) is 6.92 Å². The van der Waals surface area contributed by atoms with E-state index >= 15 is 0 Å². The lowest BCUT2D eigenvalue weighted by Gasteiger charge is -2.18. The monoisotopic (exact) mass is 268 g/mol. The lowest BCUT2D eigenvalue weighted by atomic mass is 10.0. The van der Waals surface area contributed by atoms with Crippen molar-refractivity contribution in [2.24, 2.45) is 5.92 Å². The fourth-order valence-corrected chi connectivity index (χ4v) is 1.80. The van der Waals surface area contributed by atoms with E-state index in [9.17, 15) is 9.18 Å². The Balaban J connectivity index is 2.79. The van der Waals surface area contributed by atoms with Crippen LogP contribution in [-0.4, -0.2) is 17.1 Å². The van der Waals surface area contributed by atoms with E-state index in [2.05, 4.69) is 19.2 Å². The zero-order valence-electron chi connectivity index (χ0n) is 11.5. The van der Waals surface area contributed by atoms with Crippen molar-refractivity contribution < 1.29 is 14.3 Å². The smallest absolute Gasteiger partial charge is 0.338 e. The van der Waals surface area contributed by atoms with Crippen LogP contribution in [0.3, 0.4) is 0 Å². The zero-order chi connectivity index (χ0) is 14.6. The largest absolute Gasteiger partial charge is 0.478 e. The van der Waals surface area contributed by atoms with Crippen molar-refractivity contribution >= 4 is 17.3 Å². The molecule has 0 saturated carbocycles. The third kappa shape index (κ3) is 4.43. The minimum absolute atomic E-state index is 0.153. The number of carboxylic acids is 1. The SMILES string of the molecule is CC(C)CCC(C)Nc1cc(F)c(C(=O)O)cc1N. The minimum atomic E-state index is -1.32. The van der Waals surface area contributed by atoms with Crippen molar-refractivity contribution in [1.29, 1.82) is 0 Å². The highest BCUT2D eigenvalue weighted by Gasteiger charge is 2.14. The molecule has 4 N–H and O–H groups in total. The molecule has 19 heavy (non-hydrogen) atoms. The van der Waals surface area contributed by atoms with Gasteiger partial charge in [0.1, 0.15) is 5.82 Å². The van der Waals surface area contributed by atoms with Gasteiger partial charge in [0.05, 0.1) is 16.9 Å². The summed E-state index contributed by atoms with van der Waals surface area (Å²) in [4.78, 5) is 10.8. The summed E-state index contributed by atoms with van der Waals surface area (Å²) in [5, 5.41) is 11.9. The molecule has 0 aliphatic carbocycles. The van der Waals surface area contributed by atoms with Crippen LogP contribution < -0.4 is 11.1 Å². The van der Waals surface area contributed by atoms with Gasteiger partial charge >= 0.3 is 5.97 Å². The lowest BCUT2D eigenvalue weighted by molar-refractivity contribution is 0.0692. The predicted molar refractivity (Wildman–Crippen MR) is 74.9 cm³/mol. The summed E-state index contributed by atoms with van der Waals surface area (Å²) in [5.74, 6) is -1.49. The van der Waals surface area contributed by atoms with Crippen LogP contribution in [0.25, 0.3) is 0 Å². The number of halogens is 1. The number of benzene rings is 1. The number of carbonyl (C=O) groups is 1. The van der Waals surface area contributed by atoms with Gasteiger partial charge in [0.25, 0.3) is 0 Å². The first-order valence-corrected chi connectivity index (χ1v) is 6.40. The van der Waals surface area contributed by atoms with E-state index in [0.717, 1.165) is 25.0 Å². The number of rotatable bonds is 6. The van der Waals surface area contributed by atoms with Crippen LogP contribution in [0.5, 0.6) is 0 Å². The molecule has 1 atom stereocenters. The summed E-state index contributed by atoms with van der Waals surface area (Å²) in [5.41, 5.74) is 6.02.